The Morgan fingerprint density at radius 2 is 1.88 bits per heavy atom. The molecule has 4 nitrogen and oxygen atoms in total. The minimum atomic E-state index is 0.774. The van der Waals surface area contributed by atoms with Crippen LogP contribution in [0.15, 0.2) is 65.1 Å². The summed E-state index contributed by atoms with van der Waals surface area (Å²) in [5.41, 5.74) is 6.07. The van der Waals surface area contributed by atoms with Crippen molar-refractivity contribution in [2.24, 2.45) is 5.10 Å². The first-order chi connectivity index (χ1) is 12.8. The van der Waals surface area contributed by atoms with Gasteiger partial charge in [0, 0.05) is 10.9 Å². The number of anilines is 1. The third kappa shape index (κ3) is 5.43. The molecule has 0 spiro atoms. The molecule has 2 aromatic carbocycles. The van der Waals surface area contributed by atoms with E-state index in [2.05, 4.69) is 22.4 Å². The number of aromatic nitrogens is 1. The molecule has 3 rings (SSSR count). The van der Waals surface area contributed by atoms with Crippen LogP contribution in [0.5, 0.6) is 5.75 Å². The average molecular weight is 366 g/mol. The van der Waals surface area contributed by atoms with Gasteiger partial charge >= 0.3 is 0 Å². The number of hydrazone groups is 1. The number of rotatable bonds is 9. The van der Waals surface area contributed by atoms with Gasteiger partial charge < -0.3 is 4.74 Å². The molecular formula is C21H23N3OS. The van der Waals surface area contributed by atoms with Crippen molar-refractivity contribution in [3.8, 4) is 17.0 Å². The molecule has 26 heavy (non-hydrogen) atoms. The second-order valence-corrected chi connectivity index (χ2v) is 6.76. The van der Waals surface area contributed by atoms with Gasteiger partial charge in [0.15, 0.2) is 0 Å². The molecule has 3 aromatic rings. The molecule has 0 radical (unpaired) electrons. The maximum absolute atomic E-state index is 5.71. The Balaban J connectivity index is 1.50. The van der Waals surface area contributed by atoms with Crippen LogP contribution in [-0.2, 0) is 0 Å². The molecule has 1 aromatic heterocycles. The highest BCUT2D eigenvalue weighted by molar-refractivity contribution is 7.14. The second kappa shape index (κ2) is 9.73. The quantitative estimate of drug-likeness (QED) is 0.295. The lowest BCUT2D eigenvalue weighted by molar-refractivity contribution is 0.306. The van der Waals surface area contributed by atoms with Crippen LogP contribution < -0.4 is 10.2 Å². The molecule has 1 heterocycles. The average Bonchev–Trinajstić information content (AvgIpc) is 3.16. The van der Waals surface area contributed by atoms with E-state index in [1.165, 1.54) is 24.2 Å². The lowest BCUT2D eigenvalue weighted by Crippen LogP contribution is -1.97. The zero-order valence-electron chi connectivity index (χ0n) is 14.9. The number of hydrogen-bond donors (Lipinski definition) is 1. The second-order valence-electron chi connectivity index (χ2n) is 5.90. The van der Waals surface area contributed by atoms with Crippen LogP contribution in [0.1, 0.15) is 31.7 Å². The number of benzene rings is 2. The summed E-state index contributed by atoms with van der Waals surface area (Å²) in [6.07, 6.45) is 5.30. The van der Waals surface area contributed by atoms with Gasteiger partial charge in [-0.3, -0.25) is 5.43 Å². The Hall–Kier alpha value is -2.66. The number of nitrogens with one attached hydrogen (secondary N) is 1. The van der Waals surface area contributed by atoms with E-state index in [1.807, 2.05) is 60.0 Å². The topological polar surface area (TPSA) is 46.5 Å². The minimum Gasteiger partial charge on any atom is -0.494 e. The van der Waals surface area contributed by atoms with Gasteiger partial charge in [0.25, 0.3) is 0 Å². The van der Waals surface area contributed by atoms with Crippen molar-refractivity contribution in [1.29, 1.82) is 0 Å². The highest BCUT2D eigenvalue weighted by Gasteiger charge is 2.02. The van der Waals surface area contributed by atoms with Crippen LogP contribution in [0, 0.1) is 0 Å². The molecule has 0 unspecified atom stereocenters. The number of thiazole rings is 1. The van der Waals surface area contributed by atoms with Crippen molar-refractivity contribution in [3.05, 3.63) is 65.5 Å². The minimum absolute atomic E-state index is 0.774. The van der Waals surface area contributed by atoms with E-state index in [0.29, 0.717) is 0 Å². The summed E-state index contributed by atoms with van der Waals surface area (Å²) in [6, 6.07) is 18.1. The number of nitrogens with zero attached hydrogens (tertiary/aromatic N) is 2. The summed E-state index contributed by atoms with van der Waals surface area (Å²) in [4.78, 5) is 4.55. The van der Waals surface area contributed by atoms with Crippen LogP contribution in [0.25, 0.3) is 11.3 Å². The van der Waals surface area contributed by atoms with E-state index in [4.69, 9.17) is 4.74 Å². The summed E-state index contributed by atoms with van der Waals surface area (Å²) in [6.45, 7) is 2.97. The summed E-state index contributed by atoms with van der Waals surface area (Å²) >= 11 is 1.54. The molecule has 0 saturated carbocycles. The predicted octanol–water partition coefficient (Wildman–Crippen LogP) is 5.83. The van der Waals surface area contributed by atoms with Crippen LogP contribution in [0.2, 0.25) is 0 Å². The molecule has 0 aliphatic rings. The molecule has 0 saturated heterocycles. The van der Waals surface area contributed by atoms with Crippen LogP contribution in [0.3, 0.4) is 0 Å². The Kier molecular flexibility index (Phi) is 6.79. The predicted molar refractivity (Wildman–Crippen MR) is 110 cm³/mol. The molecule has 1 N–H and O–H groups in total. The first-order valence-corrected chi connectivity index (χ1v) is 9.76. The number of ether oxygens (including phenoxy) is 1. The molecule has 0 amide bonds. The van der Waals surface area contributed by atoms with Crippen molar-refractivity contribution < 1.29 is 4.74 Å². The number of unbranched alkanes of at least 4 members (excludes halogenated alkanes) is 2. The summed E-state index contributed by atoms with van der Waals surface area (Å²) in [5.74, 6) is 0.902. The zero-order chi connectivity index (χ0) is 18.0. The van der Waals surface area contributed by atoms with Crippen molar-refractivity contribution >= 4 is 22.7 Å². The van der Waals surface area contributed by atoms with E-state index in [1.54, 1.807) is 6.21 Å². The van der Waals surface area contributed by atoms with Gasteiger partial charge in [-0.25, -0.2) is 4.98 Å². The van der Waals surface area contributed by atoms with Gasteiger partial charge in [0.05, 0.1) is 18.5 Å². The fourth-order valence-corrected chi connectivity index (χ4v) is 3.09. The highest BCUT2D eigenvalue weighted by atomic mass is 32.1. The summed E-state index contributed by atoms with van der Waals surface area (Å²) in [7, 11) is 0. The van der Waals surface area contributed by atoms with E-state index in [-0.39, 0.29) is 0 Å². The SMILES string of the molecule is CCCCCOc1ccc(C=NNc2nc(-c3ccccc3)cs2)cc1. The van der Waals surface area contributed by atoms with Gasteiger partial charge in [-0.1, -0.05) is 50.1 Å². The standard InChI is InChI=1S/C21H23N3OS/c1-2-3-7-14-25-19-12-10-17(11-13-19)15-22-24-21-23-20(16-26-21)18-8-5-4-6-9-18/h4-6,8-13,15-16H,2-3,7,14H2,1H3,(H,23,24). The smallest absolute Gasteiger partial charge is 0.203 e. The normalized spacial score (nSPS) is 11.0. The molecule has 0 bridgehead atoms. The van der Waals surface area contributed by atoms with E-state index in [0.717, 1.165) is 40.7 Å². The third-order valence-corrected chi connectivity index (χ3v) is 4.59. The molecule has 5 heteroatoms. The Bertz CT molecular complexity index is 813. The Morgan fingerprint density at radius 1 is 1.08 bits per heavy atom. The monoisotopic (exact) mass is 365 g/mol. The maximum Gasteiger partial charge on any atom is 0.203 e. The van der Waals surface area contributed by atoms with Crippen molar-refractivity contribution in [2.45, 2.75) is 26.2 Å². The molecule has 0 aliphatic heterocycles. The van der Waals surface area contributed by atoms with Crippen molar-refractivity contribution in [1.82, 2.24) is 4.98 Å². The fraction of sp³-hybridized carbons (Fsp3) is 0.238. The van der Waals surface area contributed by atoms with Gasteiger partial charge in [0.1, 0.15) is 5.75 Å². The first-order valence-electron chi connectivity index (χ1n) is 8.88. The zero-order valence-corrected chi connectivity index (χ0v) is 15.7. The highest BCUT2D eigenvalue weighted by Crippen LogP contribution is 2.24. The van der Waals surface area contributed by atoms with Crippen LogP contribution >= 0.6 is 11.3 Å². The molecule has 0 aliphatic carbocycles. The van der Waals surface area contributed by atoms with Gasteiger partial charge in [0.2, 0.25) is 5.13 Å². The van der Waals surface area contributed by atoms with Crippen LogP contribution in [0.4, 0.5) is 5.13 Å². The lowest BCUT2D eigenvalue weighted by atomic mass is 10.2. The lowest BCUT2D eigenvalue weighted by Gasteiger charge is -2.05. The van der Waals surface area contributed by atoms with Crippen molar-refractivity contribution in [2.75, 3.05) is 12.0 Å². The summed E-state index contributed by atoms with van der Waals surface area (Å²) in [5, 5.41) is 7.07. The van der Waals surface area contributed by atoms with Gasteiger partial charge in [-0.15, -0.1) is 11.3 Å². The molecule has 0 fully saturated rings. The van der Waals surface area contributed by atoms with E-state index >= 15 is 0 Å². The van der Waals surface area contributed by atoms with Gasteiger partial charge in [-0.2, -0.15) is 5.10 Å². The first kappa shape index (κ1) is 18.1. The molecule has 0 atom stereocenters. The Labute approximate surface area is 158 Å². The van der Waals surface area contributed by atoms with Crippen LogP contribution in [-0.4, -0.2) is 17.8 Å². The number of hydrogen-bond acceptors (Lipinski definition) is 5. The third-order valence-electron chi connectivity index (χ3n) is 3.84. The Morgan fingerprint density at radius 3 is 2.65 bits per heavy atom. The van der Waals surface area contributed by atoms with E-state index < -0.39 is 0 Å². The maximum atomic E-state index is 5.71. The fourth-order valence-electron chi connectivity index (χ4n) is 2.42. The van der Waals surface area contributed by atoms with Gasteiger partial charge in [-0.05, 0) is 36.2 Å². The molecule has 134 valence electrons. The van der Waals surface area contributed by atoms with Crippen molar-refractivity contribution in [3.63, 3.8) is 0 Å². The van der Waals surface area contributed by atoms with E-state index in [9.17, 15) is 0 Å². The largest absolute Gasteiger partial charge is 0.494 e. The summed E-state index contributed by atoms with van der Waals surface area (Å²) < 4.78 is 5.71. The molecular weight excluding hydrogens is 342 g/mol.